The maximum Gasteiger partial charge on any atom is 0.254 e. The number of rotatable bonds is 3. The van der Waals surface area contributed by atoms with Crippen molar-refractivity contribution in [3.8, 4) is 0 Å². The molecule has 1 aromatic carbocycles. The quantitative estimate of drug-likeness (QED) is 0.728. The zero-order valence-electron chi connectivity index (χ0n) is 10.9. The van der Waals surface area contributed by atoms with E-state index in [1.54, 1.807) is 0 Å². The first-order chi connectivity index (χ1) is 7.43. The summed E-state index contributed by atoms with van der Waals surface area (Å²) in [5.41, 5.74) is 5.47. The summed E-state index contributed by atoms with van der Waals surface area (Å²) in [4.78, 5) is 14.1. The highest BCUT2D eigenvalue weighted by Crippen LogP contribution is 2.13. The highest BCUT2D eigenvalue weighted by atomic mass is 35.5. The molecule has 0 bridgehead atoms. The normalized spacial score (nSPS) is 10.3. The van der Waals surface area contributed by atoms with Crippen LogP contribution in [0.2, 0.25) is 0 Å². The highest BCUT2D eigenvalue weighted by molar-refractivity contribution is 5.94. The predicted octanol–water partition coefficient (Wildman–Crippen LogP) is -1.18. The van der Waals surface area contributed by atoms with Gasteiger partial charge in [-0.15, -0.1) is 0 Å². The summed E-state index contributed by atoms with van der Waals surface area (Å²) in [6.45, 7) is 8.14. The third-order valence-electron chi connectivity index (χ3n) is 2.55. The van der Waals surface area contributed by atoms with E-state index >= 15 is 0 Å². The molecular formula is C13H21ClN2O. The van der Waals surface area contributed by atoms with Crippen molar-refractivity contribution in [1.82, 2.24) is 4.90 Å². The van der Waals surface area contributed by atoms with Gasteiger partial charge in [0.05, 0.1) is 0 Å². The molecule has 0 fully saturated rings. The van der Waals surface area contributed by atoms with E-state index in [0.29, 0.717) is 0 Å². The second-order valence-corrected chi connectivity index (χ2v) is 4.60. The maximum atomic E-state index is 12.2. The summed E-state index contributed by atoms with van der Waals surface area (Å²) < 4.78 is 0. The van der Waals surface area contributed by atoms with Gasteiger partial charge in [-0.3, -0.25) is 4.79 Å². The first-order valence-electron chi connectivity index (χ1n) is 5.68. The molecule has 3 N–H and O–H groups in total. The van der Waals surface area contributed by atoms with Crippen molar-refractivity contribution in [3.05, 3.63) is 29.8 Å². The summed E-state index contributed by atoms with van der Waals surface area (Å²) >= 11 is 0. The van der Waals surface area contributed by atoms with Crippen LogP contribution in [-0.4, -0.2) is 22.9 Å². The van der Waals surface area contributed by atoms with Crippen molar-refractivity contribution in [2.45, 2.75) is 39.8 Å². The number of benzene rings is 1. The van der Waals surface area contributed by atoms with Crippen LogP contribution in [0.25, 0.3) is 0 Å². The van der Waals surface area contributed by atoms with Gasteiger partial charge < -0.3 is 23.0 Å². The van der Waals surface area contributed by atoms with Crippen LogP contribution in [-0.2, 0) is 0 Å². The number of hydrogen-bond donors (Lipinski definition) is 1. The van der Waals surface area contributed by atoms with Crippen molar-refractivity contribution in [2.75, 3.05) is 0 Å². The van der Waals surface area contributed by atoms with Crippen molar-refractivity contribution in [1.29, 1.82) is 0 Å². The van der Waals surface area contributed by atoms with Gasteiger partial charge in [-0.1, -0.05) is 0 Å². The molecule has 1 aromatic rings. The number of nitrogens with zero attached hydrogens (tertiary/aromatic N) is 1. The summed E-state index contributed by atoms with van der Waals surface area (Å²) in [5.74, 6) is 0.0880. The van der Waals surface area contributed by atoms with Crippen LogP contribution in [0.15, 0.2) is 24.3 Å². The molecule has 4 heteroatoms. The minimum atomic E-state index is 0. The fourth-order valence-electron chi connectivity index (χ4n) is 1.86. The summed E-state index contributed by atoms with van der Waals surface area (Å²) in [6, 6.07) is 7.84. The van der Waals surface area contributed by atoms with Gasteiger partial charge in [0.1, 0.15) is 5.69 Å². The van der Waals surface area contributed by atoms with E-state index in [9.17, 15) is 4.79 Å². The van der Waals surface area contributed by atoms with Crippen molar-refractivity contribution in [2.24, 2.45) is 0 Å². The molecule has 0 heterocycles. The van der Waals surface area contributed by atoms with Crippen molar-refractivity contribution >= 4 is 11.6 Å². The molecular weight excluding hydrogens is 236 g/mol. The first-order valence-corrected chi connectivity index (χ1v) is 5.68. The van der Waals surface area contributed by atoms with Gasteiger partial charge in [0, 0.05) is 17.6 Å². The lowest BCUT2D eigenvalue weighted by Gasteiger charge is -2.30. The second kappa shape index (κ2) is 6.62. The highest BCUT2D eigenvalue weighted by Gasteiger charge is 2.21. The Morgan fingerprint density at radius 1 is 1.06 bits per heavy atom. The number of carbonyl (C=O) groups excluding carboxylic acids is 1. The van der Waals surface area contributed by atoms with Crippen LogP contribution >= 0.6 is 0 Å². The summed E-state index contributed by atoms with van der Waals surface area (Å²) in [7, 11) is 0. The Labute approximate surface area is 109 Å². The number of carbonyl (C=O) groups is 1. The van der Waals surface area contributed by atoms with Crippen molar-refractivity contribution < 1.29 is 22.9 Å². The lowest BCUT2D eigenvalue weighted by atomic mass is 10.1. The molecule has 1 rings (SSSR count). The smallest absolute Gasteiger partial charge is 0.254 e. The van der Waals surface area contributed by atoms with Gasteiger partial charge >= 0.3 is 0 Å². The van der Waals surface area contributed by atoms with E-state index < -0.39 is 0 Å². The molecule has 3 nitrogen and oxygen atoms in total. The SMILES string of the molecule is CC(C)N(C(=O)c1ccc([NH3+])cc1)C(C)C.[Cl-]. The Morgan fingerprint density at radius 2 is 1.47 bits per heavy atom. The Morgan fingerprint density at radius 3 is 1.82 bits per heavy atom. The van der Waals surface area contributed by atoms with E-state index in [-0.39, 0.29) is 30.4 Å². The minimum Gasteiger partial charge on any atom is -1.00 e. The van der Waals surface area contributed by atoms with E-state index in [2.05, 4.69) is 5.73 Å². The Hall–Kier alpha value is -1.06. The molecule has 96 valence electrons. The molecule has 17 heavy (non-hydrogen) atoms. The average Bonchev–Trinajstić information content (AvgIpc) is 2.17. The Kier molecular flexibility index (Phi) is 6.21. The van der Waals surface area contributed by atoms with Gasteiger partial charge in [0.2, 0.25) is 0 Å². The minimum absolute atomic E-state index is 0. The number of halogens is 1. The zero-order chi connectivity index (χ0) is 12.3. The summed E-state index contributed by atoms with van der Waals surface area (Å²) in [5, 5.41) is 0. The molecule has 1 amide bonds. The van der Waals surface area contributed by atoms with Gasteiger partial charge in [-0.05, 0) is 52.0 Å². The molecule has 0 spiro atoms. The van der Waals surface area contributed by atoms with Crippen LogP contribution in [0.4, 0.5) is 5.69 Å². The standard InChI is InChI=1S/C13H20N2O.ClH/c1-9(2)15(10(3)4)13(16)11-5-7-12(14)8-6-11;/h5-10H,14H2,1-4H3;1H. The lowest BCUT2D eigenvalue weighted by molar-refractivity contribution is -0.254. The molecule has 0 aromatic heterocycles. The molecule has 0 atom stereocenters. The summed E-state index contributed by atoms with van der Waals surface area (Å²) in [6.07, 6.45) is 0. The Balaban J connectivity index is 0.00000256. The first kappa shape index (κ1) is 15.9. The van der Waals surface area contributed by atoms with Gasteiger partial charge in [0.15, 0.2) is 0 Å². The number of amides is 1. The third kappa shape index (κ3) is 4.02. The van der Waals surface area contributed by atoms with E-state index in [1.807, 2.05) is 56.9 Å². The molecule has 0 saturated heterocycles. The monoisotopic (exact) mass is 256 g/mol. The lowest BCUT2D eigenvalue weighted by Crippen LogP contribution is -3.00. The van der Waals surface area contributed by atoms with Gasteiger partial charge in [-0.25, -0.2) is 0 Å². The molecule has 0 saturated carbocycles. The van der Waals surface area contributed by atoms with Crippen LogP contribution in [0.1, 0.15) is 38.1 Å². The second-order valence-electron chi connectivity index (χ2n) is 4.60. The van der Waals surface area contributed by atoms with Crippen LogP contribution < -0.4 is 18.1 Å². The number of hydrogen-bond acceptors (Lipinski definition) is 1. The van der Waals surface area contributed by atoms with Crippen LogP contribution in [0.3, 0.4) is 0 Å². The van der Waals surface area contributed by atoms with Crippen molar-refractivity contribution in [3.63, 3.8) is 0 Å². The largest absolute Gasteiger partial charge is 1.00 e. The Bertz CT molecular complexity index is 352. The predicted molar refractivity (Wildman–Crippen MR) is 65.4 cm³/mol. The molecule has 0 radical (unpaired) electrons. The molecule has 0 aliphatic rings. The van der Waals surface area contributed by atoms with Gasteiger partial charge in [-0.2, -0.15) is 0 Å². The molecule has 0 aliphatic heterocycles. The number of quaternary nitrogens is 1. The van der Waals surface area contributed by atoms with Gasteiger partial charge in [0.25, 0.3) is 5.91 Å². The average molecular weight is 257 g/mol. The van der Waals surface area contributed by atoms with Crippen LogP contribution in [0, 0.1) is 0 Å². The van der Waals surface area contributed by atoms with Crippen LogP contribution in [0.5, 0.6) is 0 Å². The maximum absolute atomic E-state index is 12.2. The topological polar surface area (TPSA) is 48.0 Å². The molecule has 0 aliphatic carbocycles. The van der Waals surface area contributed by atoms with E-state index in [1.165, 1.54) is 0 Å². The fraction of sp³-hybridized carbons (Fsp3) is 0.462. The fourth-order valence-corrected chi connectivity index (χ4v) is 1.86. The van der Waals surface area contributed by atoms with E-state index in [4.69, 9.17) is 0 Å². The molecule has 0 unspecified atom stereocenters. The van der Waals surface area contributed by atoms with E-state index in [0.717, 1.165) is 11.3 Å². The zero-order valence-corrected chi connectivity index (χ0v) is 11.7. The third-order valence-corrected chi connectivity index (χ3v) is 2.55.